The second kappa shape index (κ2) is 18.4. The third-order valence-corrected chi connectivity index (χ3v) is 15.6. The number of hydrogen-bond acceptors (Lipinski definition) is 9. The van der Waals surface area contributed by atoms with Crippen LogP contribution in [0.3, 0.4) is 0 Å². The minimum Gasteiger partial charge on any atom is -0.453 e. The third-order valence-electron chi connectivity index (χ3n) is 12.9. The van der Waals surface area contributed by atoms with Gasteiger partial charge in [-0.05, 0) is 83.2 Å². The number of imidazole rings is 2. The second-order valence-corrected chi connectivity index (χ2v) is 23.2. The molecule has 4 amide bonds. The highest BCUT2D eigenvalue weighted by molar-refractivity contribution is 6.78. The molecule has 63 heavy (non-hydrogen) atoms. The van der Waals surface area contributed by atoms with E-state index in [1.54, 1.807) is 0 Å². The number of nitrogens with one attached hydrogen (secondary N) is 4. The van der Waals surface area contributed by atoms with Crippen molar-refractivity contribution in [2.45, 2.75) is 82.8 Å². The van der Waals surface area contributed by atoms with Gasteiger partial charge in [0.15, 0.2) is 0 Å². The quantitative estimate of drug-likeness (QED) is 0.0971. The van der Waals surface area contributed by atoms with Crippen LogP contribution in [0, 0.1) is 11.8 Å². The first kappa shape index (κ1) is 43.6. The normalized spacial score (nSPS) is 19.9. The van der Waals surface area contributed by atoms with E-state index >= 15 is 0 Å². The number of likely N-dealkylation sites (tertiary alicyclic amines) is 1. The number of fused-ring (bicyclic) bond motifs is 1. The van der Waals surface area contributed by atoms with Crippen LogP contribution in [0.2, 0.25) is 19.1 Å². The highest BCUT2D eigenvalue weighted by atomic mass is 28.3. The Kier molecular flexibility index (Phi) is 12.7. The zero-order valence-electron chi connectivity index (χ0n) is 36.9. The molecule has 3 fully saturated rings. The molecule has 3 saturated heterocycles. The molecule has 5 heterocycles. The maximum Gasteiger partial charge on any atom is 0.407 e. The standard InChI is InChI=1S/C47H58N8O7Si/c1-28(2)40(52-46(58)60-3)44(56)55-27-63(5,6)26-39(55)43-49-25-37(51-43)35-16-15-33-22-32(13-14-34(33)23-35)29-9-11-30(12-10-29)36-24-48-42(50-36)38-8-7-19-54(38)45(57)41(53-47(59)61-4)31-17-20-62-21-18-31/h9-16,22-25,28,31,38-41H,7-8,17-21,26-27H2,1-6H3,(H,48,50)(H,49,51)(H,52,58)(H,53,59)/t38-,39-,40-,41-/m0/s1. The summed E-state index contributed by atoms with van der Waals surface area (Å²) in [7, 11) is 0.858. The van der Waals surface area contributed by atoms with E-state index in [1.165, 1.54) is 14.2 Å². The van der Waals surface area contributed by atoms with Crippen LogP contribution in [-0.4, -0.2) is 114 Å². The van der Waals surface area contributed by atoms with Gasteiger partial charge in [0.1, 0.15) is 23.7 Å². The summed E-state index contributed by atoms with van der Waals surface area (Å²) in [5.74, 6) is 1.12. The first-order valence-corrected chi connectivity index (χ1v) is 25.4. The van der Waals surface area contributed by atoms with Crippen molar-refractivity contribution in [3.63, 3.8) is 0 Å². The van der Waals surface area contributed by atoms with Gasteiger partial charge in [-0.15, -0.1) is 0 Å². The van der Waals surface area contributed by atoms with E-state index in [0.29, 0.717) is 38.8 Å². The topological polar surface area (TPSA) is 184 Å². The van der Waals surface area contributed by atoms with E-state index in [2.05, 4.69) is 94.4 Å². The van der Waals surface area contributed by atoms with Crippen LogP contribution in [0.25, 0.3) is 44.4 Å². The number of methoxy groups -OCH3 is 2. The van der Waals surface area contributed by atoms with Gasteiger partial charge in [-0.25, -0.2) is 19.6 Å². The summed E-state index contributed by atoms with van der Waals surface area (Å²) >= 11 is 0. The highest BCUT2D eigenvalue weighted by Gasteiger charge is 2.46. The molecule has 3 aliphatic heterocycles. The number of alkyl carbamates (subject to hydrolysis) is 2. The Hall–Kier alpha value is -6.00. The molecule has 4 atom stereocenters. The Labute approximate surface area is 368 Å². The first-order valence-electron chi connectivity index (χ1n) is 21.9. The zero-order chi connectivity index (χ0) is 44.4. The number of amides is 4. The fraction of sp³-hybridized carbons (Fsp3) is 0.447. The molecule has 3 aliphatic rings. The Morgan fingerprint density at radius 3 is 1.95 bits per heavy atom. The molecule has 8 rings (SSSR count). The van der Waals surface area contributed by atoms with Crippen molar-refractivity contribution >= 4 is 42.8 Å². The summed E-state index contributed by atoms with van der Waals surface area (Å²) in [5, 5.41) is 7.76. The van der Waals surface area contributed by atoms with Crippen LogP contribution in [0.15, 0.2) is 73.1 Å². The largest absolute Gasteiger partial charge is 0.453 e. The second-order valence-electron chi connectivity index (χ2n) is 18.2. The van der Waals surface area contributed by atoms with Gasteiger partial charge in [0.05, 0.1) is 58.2 Å². The number of rotatable bonds is 11. The molecule has 2 aromatic heterocycles. The van der Waals surface area contributed by atoms with Crippen molar-refractivity contribution in [1.82, 2.24) is 40.4 Å². The number of hydrogen-bond donors (Lipinski definition) is 4. The number of carbonyl (C=O) groups excluding carboxylic acids is 4. The number of aromatic amines is 2. The van der Waals surface area contributed by atoms with Crippen LogP contribution < -0.4 is 10.6 Å². The molecule has 0 radical (unpaired) electrons. The Morgan fingerprint density at radius 1 is 0.730 bits per heavy atom. The molecule has 0 saturated carbocycles. The molecule has 15 nitrogen and oxygen atoms in total. The molecule has 16 heteroatoms. The fourth-order valence-corrected chi connectivity index (χ4v) is 12.4. The number of ether oxygens (including phenoxy) is 3. The first-order chi connectivity index (χ1) is 30.3. The van der Waals surface area contributed by atoms with Crippen molar-refractivity contribution in [1.29, 1.82) is 0 Å². The van der Waals surface area contributed by atoms with Gasteiger partial charge in [-0.1, -0.05) is 75.5 Å². The van der Waals surface area contributed by atoms with Crippen molar-refractivity contribution in [2.24, 2.45) is 11.8 Å². The van der Waals surface area contributed by atoms with E-state index in [0.717, 1.165) is 74.9 Å². The molecule has 3 aromatic carbocycles. The SMILES string of the molecule is COC(=O)N[C@H](C(=O)N1C[Si](C)(C)C[C@H]1c1ncc(-c2ccc3cc(-c4ccc(-c5cnc([C@@H]6CCCN6C(=O)[C@@H](NC(=O)OC)C6CCOCC6)[nH]5)cc4)ccc3c2)[nH]1)C(C)C. The third kappa shape index (κ3) is 9.37. The molecule has 0 spiro atoms. The molecule has 4 N–H and O–H groups in total. The van der Waals surface area contributed by atoms with Gasteiger partial charge >= 0.3 is 12.2 Å². The van der Waals surface area contributed by atoms with Gasteiger partial charge in [-0.2, -0.15) is 0 Å². The summed E-state index contributed by atoms with van der Waals surface area (Å²) in [5.41, 5.74) is 5.90. The van der Waals surface area contributed by atoms with Gasteiger partial charge < -0.3 is 44.6 Å². The fourth-order valence-electron chi connectivity index (χ4n) is 9.47. The summed E-state index contributed by atoms with van der Waals surface area (Å²) in [4.78, 5) is 72.6. The monoisotopic (exact) mass is 874 g/mol. The van der Waals surface area contributed by atoms with E-state index in [-0.39, 0.29) is 35.7 Å². The molecule has 0 unspecified atom stereocenters. The molecule has 0 aliphatic carbocycles. The minimum absolute atomic E-state index is 0.0272. The molecular weight excluding hydrogens is 817 g/mol. The smallest absolute Gasteiger partial charge is 0.407 e. The Balaban J connectivity index is 0.948. The molecule has 332 valence electrons. The van der Waals surface area contributed by atoms with Crippen LogP contribution in [0.1, 0.15) is 63.3 Å². The lowest BCUT2D eigenvalue weighted by Gasteiger charge is -2.34. The Morgan fingerprint density at radius 2 is 1.30 bits per heavy atom. The number of aromatic nitrogens is 4. The van der Waals surface area contributed by atoms with Crippen LogP contribution in [0.5, 0.6) is 0 Å². The van der Waals surface area contributed by atoms with E-state index in [4.69, 9.17) is 24.2 Å². The number of nitrogens with zero attached hydrogens (tertiary/aromatic N) is 4. The van der Waals surface area contributed by atoms with Crippen molar-refractivity contribution < 1.29 is 33.4 Å². The van der Waals surface area contributed by atoms with Gasteiger partial charge in [0.2, 0.25) is 11.8 Å². The summed E-state index contributed by atoms with van der Waals surface area (Å²) in [6.45, 7) is 10.1. The lowest BCUT2D eigenvalue weighted by Crippen LogP contribution is -2.53. The van der Waals surface area contributed by atoms with Crippen LogP contribution >= 0.6 is 0 Å². The maximum absolute atomic E-state index is 14.0. The average molecular weight is 875 g/mol. The zero-order valence-corrected chi connectivity index (χ0v) is 37.9. The van der Waals surface area contributed by atoms with Crippen molar-refractivity contribution in [3.8, 4) is 33.6 Å². The van der Waals surface area contributed by atoms with Crippen LogP contribution in [-0.2, 0) is 23.8 Å². The summed E-state index contributed by atoms with van der Waals surface area (Å²) in [6.07, 6.45) is 6.13. The lowest BCUT2D eigenvalue weighted by atomic mass is 9.90. The number of carbonyl (C=O) groups is 4. The van der Waals surface area contributed by atoms with E-state index < -0.39 is 32.3 Å². The van der Waals surface area contributed by atoms with Crippen molar-refractivity contribution in [2.75, 3.05) is 40.1 Å². The molecular formula is C47H58N8O7Si. The van der Waals surface area contributed by atoms with Crippen molar-refractivity contribution in [3.05, 3.63) is 84.7 Å². The predicted octanol–water partition coefficient (Wildman–Crippen LogP) is 7.61. The lowest BCUT2D eigenvalue weighted by molar-refractivity contribution is -0.137. The molecule has 5 aromatic rings. The van der Waals surface area contributed by atoms with Gasteiger partial charge in [0, 0.05) is 31.5 Å². The summed E-state index contributed by atoms with van der Waals surface area (Å²) < 4.78 is 15.2. The number of H-pyrrole nitrogens is 2. The van der Waals surface area contributed by atoms with E-state index in [1.807, 2.05) is 36.0 Å². The molecule has 0 bridgehead atoms. The highest BCUT2D eigenvalue weighted by Crippen LogP contribution is 2.39. The average Bonchev–Trinajstić information content (AvgIpc) is 4.13. The van der Waals surface area contributed by atoms with E-state index in [9.17, 15) is 19.2 Å². The van der Waals surface area contributed by atoms with Gasteiger partial charge in [0.25, 0.3) is 0 Å². The Bertz CT molecular complexity index is 2460. The van der Waals surface area contributed by atoms with Crippen LogP contribution in [0.4, 0.5) is 9.59 Å². The minimum atomic E-state index is -1.75. The summed E-state index contributed by atoms with van der Waals surface area (Å²) in [6, 6.07) is 20.3. The van der Waals surface area contributed by atoms with Gasteiger partial charge in [-0.3, -0.25) is 9.59 Å². The maximum atomic E-state index is 14.0. The predicted molar refractivity (Wildman–Crippen MR) is 242 cm³/mol. The number of benzene rings is 3.